The number of carbonyl (C=O) groups excluding carboxylic acids is 2. The van der Waals surface area contributed by atoms with E-state index in [0.29, 0.717) is 38.4 Å². The van der Waals surface area contributed by atoms with Crippen molar-refractivity contribution >= 4 is 12.0 Å². The second-order valence-corrected chi connectivity index (χ2v) is 11.2. The molecule has 0 aliphatic carbocycles. The van der Waals surface area contributed by atoms with Gasteiger partial charge in [0.25, 0.3) is 5.91 Å². The van der Waals surface area contributed by atoms with E-state index in [1.807, 2.05) is 100 Å². The van der Waals surface area contributed by atoms with Crippen LogP contribution in [0.5, 0.6) is 5.75 Å². The second kappa shape index (κ2) is 14.4. The van der Waals surface area contributed by atoms with Gasteiger partial charge in [-0.15, -0.1) is 0 Å². The quantitative estimate of drug-likeness (QED) is 0.167. The summed E-state index contributed by atoms with van der Waals surface area (Å²) in [6.45, 7) is 8.94. The fourth-order valence-electron chi connectivity index (χ4n) is 5.61. The maximum atomic E-state index is 13.8. The van der Waals surface area contributed by atoms with E-state index in [4.69, 9.17) is 18.6 Å². The summed E-state index contributed by atoms with van der Waals surface area (Å²) < 4.78 is 23.5. The third kappa shape index (κ3) is 7.37. The van der Waals surface area contributed by atoms with Gasteiger partial charge in [-0.3, -0.25) is 4.79 Å². The molecule has 1 aliphatic rings. The highest BCUT2D eigenvalue weighted by atomic mass is 16.6. The predicted octanol–water partition coefficient (Wildman–Crippen LogP) is 6.82. The van der Waals surface area contributed by atoms with Crippen molar-refractivity contribution in [3.63, 3.8) is 0 Å². The highest BCUT2D eigenvalue weighted by Crippen LogP contribution is 2.28. The number of imide groups is 1. The van der Waals surface area contributed by atoms with Crippen LogP contribution in [0.3, 0.4) is 0 Å². The number of nitrogens with zero attached hydrogens (tertiary/aromatic N) is 2. The number of amides is 2. The van der Waals surface area contributed by atoms with E-state index >= 15 is 0 Å². The molecule has 2 atom stereocenters. The Morgan fingerprint density at radius 3 is 2.34 bits per heavy atom. The average Bonchev–Trinajstić information content (AvgIpc) is 3.58. The van der Waals surface area contributed by atoms with Crippen LogP contribution < -0.4 is 4.74 Å². The SMILES string of the molecule is CCCO[C@@H](Cc1cc(C)c(OCCc2nc(-c3ccccc3)oc2C)c(C)c1)C(=O)N1C(=O)OC[C@@H]1Cc1ccccc1. The minimum atomic E-state index is -0.807. The monoisotopic (exact) mass is 596 g/mol. The Balaban J connectivity index is 1.25. The molecule has 0 unspecified atom stereocenters. The molecule has 44 heavy (non-hydrogen) atoms. The molecule has 1 saturated heterocycles. The van der Waals surface area contributed by atoms with Crippen molar-refractivity contribution in [2.24, 2.45) is 0 Å². The molecule has 0 saturated carbocycles. The second-order valence-electron chi connectivity index (χ2n) is 11.2. The topological polar surface area (TPSA) is 91.1 Å². The van der Waals surface area contributed by atoms with Gasteiger partial charge >= 0.3 is 6.09 Å². The van der Waals surface area contributed by atoms with E-state index in [0.717, 1.165) is 51.4 Å². The van der Waals surface area contributed by atoms with E-state index in [2.05, 4.69) is 4.98 Å². The van der Waals surface area contributed by atoms with Crippen LogP contribution in [-0.2, 0) is 33.5 Å². The largest absolute Gasteiger partial charge is 0.493 e. The van der Waals surface area contributed by atoms with E-state index < -0.39 is 12.2 Å². The van der Waals surface area contributed by atoms with Gasteiger partial charge in [0.05, 0.1) is 18.3 Å². The molecule has 2 heterocycles. The van der Waals surface area contributed by atoms with Crippen LogP contribution >= 0.6 is 0 Å². The van der Waals surface area contributed by atoms with Gasteiger partial charge in [-0.05, 0) is 68.0 Å². The summed E-state index contributed by atoms with van der Waals surface area (Å²) in [6.07, 6.45) is 0.812. The van der Waals surface area contributed by atoms with E-state index in [9.17, 15) is 9.59 Å². The minimum absolute atomic E-state index is 0.172. The summed E-state index contributed by atoms with van der Waals surface area (Å²) in [5.74, 6) is 1.83. The molecule has 5 rings (SSSR count). The maximum Gasteiger partial charge on any atom is 0.417 e. The lowest BCUT2D eigenvalue weighted by Gasteiger charge is -2.25. The zero-order valence-corrected chi connectivity index (χ0v) is 25.9. The summed E-state index contributed by atoms with van der Waals surface area (Å²) in [5, 5.41) is 0. The highest BCUT2D eigenvalue weighted by Gasteiger charge is 2.41. The molecule has 3 aromatic carbocycles. The Kier molecular flexibility index (Phi) is 10.1. The summed E-state index contributed by atoms with van der Waals surface area (Å²) >= 11 is 0. The van der Waals surface area contributed by atoms with Gasteiger partial charge in [-0.1, -0.05) is 67.6 Å². The Morgan fingerprint density at radius 2 is 1.66 bits per heavy atom. The number of hydrogen-bond acceptors (Lipinski definition) is 7. The van der Waals surface area contributed by atoms with Gasteiger partial charge in [-0.25, -0.2) is 14.7 Å². The van der Waals surface area contributed by atoms with Crippen molar-refractivity contribution in [1.82, 2.24) is 9.88 Å². The van der Waals surface area contributed by atoms with Crippen LogP contribution in [0.4, 0.5) is 4.79 Å². The molecule has 0 spiro atoms. The molecule has 0 bridgehead atoms. The first-order chi connectivity index (χ1) is 21.3. The van der Waals surface area contributed by atoms with Crippen molar-refractivity contribution in [2.45, 2.75) is 65.5 Å². The minimum Gasteiger partial charge on any atom is -0.493 e. The average molecular weight is 597 g/mol. The molecule has 0 N–H and O–H groups in total. The summed E-state index contributed by atoms with van der Waals surface area (Å²) in [5.41, 5.74) is 5.72. The first kappa shape index (κ1) is 31.0. The number of oxazole rings is 1. The third-order valence-corrected chi connectivity index (χ3v) is 7.75. The Morgan fingerprint density at radius 1 is 0.977 bits per heavy atom. The smallest absolute Gasteiger partial charge is 0.417 e. The summed E-state index contributed by atoms with van der Waals surface area (Å²) in [7, 11) is 0. The number of aryl methyl sites for hydroxylation is 3. The lowest BCUT2D eigenvalue weighted by Crippen LogP contribution is -2.47. The van der Waals surface area contributed by atoms with Gasteiger partial charge < -0.3 is 18.6 Å². The molecular formula is C36H40N2O6. The van der Waals surface area contributed by atoms with Gasteiger partial charge in [0.2, 0.25) is 5.89 Å². The Labute approximate surface area is 259 Å². The van der Waals surface area contributed by atoms with Gasteiger partial charge in [-0.2, -0.15) is 0 Å². The predicted molar refractivity (Wildman–Crippen MR) is 168 cm³/mol. The number of ether oxygens (including phenoxy) is 3. The lowest BCUT2D eigenvalue weighted by atomic mass is 9.99. The Bertz CT molecular complexity index is 1540. The molecule has 1 fully saturated rings. The number of aromatic nitrogens is 1. The molecule has 8 heteroatoms. The van der Waals surface area contributed by atoms with Crippen LogP contribution in [0.25, 0.3) is 11.5 Å². The number of rotatable bonds is 13. The van der Waals surface area contributed by atoms with E-state index in [1.54, 1.807) is 0 Å². The van der Waals surface area contributed by atoms with Crippen LogP contribution in [-0.4, -0.2) is 53.9 Å². The number of cyclic esters (lactones) is 1. The molecular weight excluding hydrogens is 556 g/mol. The highest BCUT2D eigenvalue weighted by molar-refractivity contribution is 5.96. The van der Waals surface area contributed by atoms with Crippen molar-refractivity contribution in [3.05, 3.63) is 107 Å². The lowest BCUT2D eigenvalue weighted by molar-refractivity contribution is -0.141. The summed E-state index contributed by atoms with van der Waals surface area (Å²) in [4.78, 5) is 32.4. The maximum absolute atomic E-state index is 13.8. The normalized spacial score (nSPS) is 15.3. The zero-order chi connectivity index (χ0) is 31.1. The molecule has 8 nitrogen and oxygen atoms in total. The fraction of sp³-hybridized carbons (Fsp3) is 0.361. The standard InChI is InChI=1S/C36H40N2O6/c1-5-17-41-32(35(39)38-30(23-43-36(38)40)21-27-12-8-6-9-13-27)22-28-19-24(2)33(25(3)20-28)42-18-16-31-26(4)44-34(37-31)29-14-10-7-11-15-29/h6-15,19-20,30,32H,5,16-18,21-23H2,1-4H3/t30-,32-/m0/s1. The first-order valence-corrected chi connectivity index (χ1v) is 15.2. The van der Waals surface area contributed by atoms with Gasteiger partial charge in [0, 0.05) is 25.0 Å². The van der Waals surface area contributed by atoms with Crippen molar-refractivity contribution < 1.29 is 28.2 Å². The Hall–Kier alpha value is -4.43. The fourth-order valence-corrected chi connectivity index (χ4v) is 5.61. The van der Waals surface area contributed by atoms with Crippen molar-refractivity contribution in [2.75, 3.05) is 19.8 Å². The van der Waals surface area contributed by atoms with E-state index in [1.165, 1.54) is 4.90 Å². The van der Waals surface area contributed by atoms with E-state index in [-0.39, 0.29) is 18.6 Å². The van der Waals surface area contributed by atoms with Gasteiger partial charge in [0.15, 0.2) is 0 Å². The molecule has 1 aliphatic heterocycles. The number of carbonyl (C=O) groups is 2. The molecule has 1 aromatic heterocycles. The van der Waals surface area contributed by atoms with Crippen LogP contribution in [0, 0.1) is 20.8 Å². The molecule has 0 radical (unpaired) electrons. The summed E-state index contributed by atoms with van der Waals surface area (Å²) in [6, 6.07) is 23.3. The molecule has 2 amide bonds. The van der Waals surface area contributed by atoms with Crippen molar-refractivity contribution in [1.29, 1.82) is 0 Å². The molecule has 4 aromatic rings. The van der Waals surface area contributed by atoms with Crippen molar-refractivity contribution in [3.8, 4) is 17.2 Å². The third-order valence-electron chi connectivity index (χ3n) is 7.75. The number of benzene rings is 3. The van der Waals surface area contributed by atoms with Crippen LogP contribution in [0.2, 0.25) is 0 Å². The van der Waals surface area contributed by atoms with Crippen LogP contribution in [0.15, 0.2) is 77.2 Å². The zero-order valence-electron chi connectivity index (χ0n) is 25.9. The van der Waals surface area contributed by atoms with Crippen LogP contribution in [0.1, 0.15) is 47.1 Å². The number of hydrogen-bond donors (Lipinski definition) is 0. The van der Waals surface area contributed by atoms with Gasteiger partial charge in [0.1, 0.15) is 24.2 Å². The molecule has 230 valence electrons. The first-order valence-electron chi connectivity index (χ1n) is 15.2.